The van der Waals surface area contributed by atoms with Crippen molar-refractivity contribution >= 4 is 11.6 Å². The van der Waals surface area contributed by atoms with E-state index in [-0.39, 0.29) is 11.8 Å². The highest BCUT2D eigenvalue weighted by molar-refractivity contribution is 5.92. The van der Waals surface area contributed by atoms with Crippen LogP contribution in [-0.2, 0) is 4.79 Å². The molecule has 21 heavy (non-hydrogen) atoms. The number of nitrogens with zero attached hydrogens (tertiary/aromatic N) is 2. The lowest BCUT2D eigenvalue weighted by atomic mass is 9.98. The van der Waals surface area contributed by atoms with Crippen LogP contribution in [0.3, 0.4) is 0 Å². The summed E-state index contributed by atoms with van der Waals surface area (Å²) in [5, 5.41) is 7.19. The second kappa shape index (κ2) is 7.62. The molecule has 0 spiro atoms. The lowest BCUT2D eigenvalue weighted by Crippen LogP contribution is -2.22. The van der Waals surface area contributed by atoms with E-state index in [1.165, 1.54) is 0 Å². The molecular formula is C17H23N3O. The fraction of sp³-hybridized carbons (Fsp3) is 0.412. The minimum atomic E-state index is 0.107. The zero-order chi connectivity index (χ0) is 15.1. The van der Waals surface area contributed by atoms with Gasteiger partial charge >= 0.3 is 0 Å². The molecule has 0 aliphatic rings. The van der Waals surface area contributed by atoms with Gasteiger partial charge in [-0.2, -0.15) is 5.10 Å². The van der Waals surface area contributed by atoms with Gasteiger partial charge in [0.15, 0.2) is 0 Å². The first-order valence-corrected chi connectivity index (χ1v) is 7.65. The maximum atomic E-state index is 12.2. The van der Waals surface area contributed by atoms with Crippen LogP contribution in [0.4, 0.5) is 5.69 Å². The summed E-state index contributed by atoms with van der Waals surface area (Å²) in [4.78, 5) is 12.2. The molecule has 1 aromatic carbocycles. The smallest absolute Gasteiger partial charge is 0.227 e. The third-order valence-electron chi connectivity index (χ3n) is 3.67. The maximum absolute atomic E-state index is 12.2. The van der Waals surface area contributed by atoms with Gasteiger partial charge in [0.25, 0.3) is 0 Å². The van der Waals surface area contributed by atoms with Crippen molar-refractivity contribution in [3.63, 3.8) is 0 Å². The number of carbonyl (C=O) groups excluding carboxylic acids is 1. The summed E-state index contributed by atoms with van der Waals surface area (Å²) >= 11 is 0. The van der Waals surface area contributed by atoms with Crippen LogP contribution in [0.1, 0.15) is 39.5 Å². The molecule has 1 atom stereocenters. The third kappa shape index (κ3) is 4.18. The summed E-state index contributed by atoms with van der Waals surface area (Å²) in [6.07, 6.45) is 7.72. The fourth-order valence-electron chi connectivity index (χ4n) is 2.33. The molecule has 112 valence electrons. The Balaban J connectivity index is 1.97. The number of unbranched alkanes of at least 4 members (excludes halogenated alkanes) is 1. The summed E-state index contributed by atoms with van der Waals surface area (Å²) in [5.74, 6) is 0.230. The first kappa shape index (κ1) is 15.3. The van der Waals surface area contributed by atoms with E-state index >= 15 is 0 Å². The second-order valence-electron chi connectivity index (χ2n) is 5.23. The van der Waals surface area contributed by atoms with Gasteiger partial charge in [0.2, 0.25) is 5.91 Å². The Morgan fingerprint density at radius 3 is 2.62 bits per heavy atom. The van der Waals surface area contributed by atoms with Crippen molar-refractivity contribution in [1.29, 1.82) is 0 Å². The third-order valence-corrected chi connectivity index (χ3v) is 3.67. The van der Waals surface area contributed by atoms with Gasteiger partial charge in [-0.05, 0) is 43.2 Å². The Kier molecular flexibility index (Phi) is 5.55. The van der Waals surface area contributed by atoms with Crippen LogP contribution in [0.25, 0.3) is 5.69 Å². The van der Waals surface area contributed by atoms with E-state index in [2.05, 4.69) is 24.3 Å². The molecule has 1 unspecified atom stereocenters. The molecule has 0 aliphatic carbocycles. The van der Waals surface area contributed by atoms with Crippen molar-refractivity contribution in [1.82, 2.24) is 9.78 Å². The van der Waals surface area contributed by atoms with E-state index in [4.69, 9.17) is 0 Å². The van der Waals surface area contributed by atoms with Crippen LogP contribution in [0.5, 0.6) is 0 Å². The molecule has 0 aliphatic heterocycles. The SMILES string of the molecule is CCCCC(CC)C(=O)Nc1ccc(-n2cccn2)cc1. The fourth-order valence-corrected chi connectivity index (χ4v) is 2.33. The number of hydrogen-bond acceptors (Lipinski definition) is 2. The van der Waals surface area contributed by atoms with Crippen molar-refractivity contribution in [3.05, 3.63) is 42.7 Å². The summed E-state index contributed by atoms with van der Waals surface area (Å²) in [7, 11) is 0. The van der Waals surface area contributed by atoms with Crippen LogP contribution >= 0.6 is 0 Å². The Morgan fingerprint density at radius 1 is 1.29 bits per heavy atom. The van der Waals surface area contributed by atoms with E-state index < -0.39 is 0 Å². The Morgan fingerprint density at radius 2 is 2.05 bits per heavy atom. The highest BCUT2D eigenvalue weighted by atomic mass is 16.1. The van der Waals surface area contributed by atoms with Crippen LogP contribution < -0.4 is 5.32 Å². The van der Waals surface area contributed by atoms with Gasteiger partial charge in [-0.1, -0.05) is 26.7 Å². The standard InChI is InChI=1S/C17H23N3O/c1-3-5-7-14(4-2)17(21)19-15-8-10-16(11-9-15)20-13-6-12-18-20/h6,8-14H,3-5,7H2,1-2H3,(H,19,21). The van der Waals surface area contributed by atoms with Gasteiger partial charge in [-0.15, -0.1) is 0 Å². The molecule has 2 aromatic rings. The molecule has 0 saturated heterocycles. The predicted molar refractivity (Wildman–Crippen MR) is 85.5 cm³/mol. The molecule has 0 saturated carbocycles. The van der Waals surface area contributed by atoms with Crippen LogP contribution in [0.2, 0.25) is 0 Å². The minimum absolute atomic E-state index is 0.107. The van der Waals surface area contributed by atoms with E-state index in [9.17, 15) is 4.79 Å². The van der Waals surface area contributed by atoms with Crippen molar-refractivity contribution in [2.45, 2.75) is 39.5 Å². The first-order chi connectivity index (χ1) is 10.2. The maximum Gasteiger partial charge on any atom is 0.227 e. The van der Waals surface area contributed by atoms with Crippen LogP contribution in [0.15, 0.2) is 42.7 Å². The average molecular weight is 285 g/mol. The molecule has 1 amide bonds. The van der Waals surface area contributed by atoms with E-state index in [1.807, 2.05) is 36.5 Å². The number of benzene rings is 1. The Hall–Kier alpha value is -2.10. The molecule has 4 heteroatoms. The Bertz CT molecular complexity index is 546. The summed E-state index contributed by atoms with van der Waals surface area (Å²) in [6, 6.07) is 9.63. The van der Waals surface area contributed by atoms with Crippen molar-refractivity contribution in [2.75, 3.05) is 5.32 Å². The molecule has 0 fully saturated rings. The first-order valence-electron chi connectivity index (χ1n) is 7.65. The van der Waals surface area contributed by atoms with Crippen LogP contribution in [-0.4, -0.2) is 15.7 Å². The quantitative estimate of drug-likeness (QED) is 0.835. The van der Waals surface area contributed by atoms with Crippen molar-refractivity contribution in [2.24, 2.45) is 5.92 Å². The Labute approximate surface area is 126 Å². The second-order valence-corrected chi connectivity index (χ2v) is 5.23. The van der Waals surface area contributed by atoms with Crippen LogP contribution in [0, 0.1) is 5.92 Å². The number of aromatic nitrogens is 2. The zero-order valence-electron chi connectivity index (χ0n) is 12.7. The van der Waals surface area contributed by atoms with Gasteiger partial charge in [0.05, 0.1) is 5.69 Å². The molecule has 1 aromatic heterocycles. The van der Waals surface area contributed by atoms with Crippen molar-refractivity contribution in [3.8, 4) is 5.69 Å². The number of carbonyl (C=O) groups is 1. The molecule has 1 N–H and O–H groups in total. The lowest BCUT2D eigenvalue weighted by Gasteiger charge is -2.14. The molecule has 2 rings (SSSR count). The van der Waals surface area contributed by atoms with Gasteiger partial charge in [-0.3, -0.25) is 4.79 Å². The topological polar surface area (TPSA) is 46.9 Å². The van der Waals surface area contributed by atoms with E-state index in [1.54, 1.807) is 10.9 Å². The molecule has 1 heterocycles. The van der Waals surface area contributed by atoms with E-state index in [0.29, 0.717) is 0 Å². The van der Waals surface area contributed by atoms with Crippen molar-refractivity contribution < 1.29 is 4.79 Å². The minimum Gasteiger partial charge on any atom is -0.326 e. The molecule has 4 nitrogen and oxygen atoms in total. The summed E-state index contributed by atoms with van der Waals surface area (Å²) in [6.45, 7) is 4.22. The highest BCUT2D eigenvalue weighted by Crippen LogP contribution is 2.17. The molecular weight excluding hydrogens is 262 g/mol. The zero-order valence-corrected chi connectivity index (χ0v) is 12.7. The van der Waals surface area contributed by atoms with Gasteiger partial charge in [0.1, 0.15) is 0 Å². The van der Waals surface area contributed by atoms with Gasteiger partial charge in [0, 0.05) is 24.0 Å². The number of amides is 1. The molecule has 0 radical (unpaired) electrons. The number of anilines is 1. The van der Waals surface area contributed by atoms with Gasteiger partial charge < -0.3 is 5.32 Å². The predicted octanol–water partition coefficient (Wildman–Crippen LogP) is 4.03. The largest absolute Gasteiger partial charge is 0.326 e. The average Bonchev–Trinajstić information content (AvgIpc) is 3.03. The summed E-state index contributed by atoms with van der Waals surface area (Å²) in [5.41, 5.74) is 1.82. The molecule has 0 bridgehead atoms. The monoisotopic (exact) mass is 285 g/mol. The number of rotatable bonds is 7. The highest BCUT2D eigenvalue weighted by Gasteiger charge is 2.15. The number of nitrogens with one attached hydrogen (secondary N) is 1. The normalized spacial score (nSPS) is 12.1. The summed E-state index contributed by atoms with van der Waals surface area (Å²) < 4.78 is 1.79. The van der Waals surface area contributed by atoms with Gasteiger partial charge in [-0.25, -0.2) is 4.68 Å². The van der Waals surface area contributed by atoms with E-state index in [0.717, 1.165) is 37.1 Å². The number of hydrogen-bond donors (Lipinski definition) is 1. The lowest BCUT2D eigenvalue weighted by molar-refractivity contribution is -0.120.